The second kappa shape index (κ2) is 8.80. The largest absolute Gasteiger partial charge is 0.356 e. The number of benzene rings is 1. The Hall–Kier alpha value is -1.31. The molecule has 1 saturated heterocycles. The number of carbonyl (C=O) groups excluding carboxylic acids is 1. The Bertz CT molecular complexity index is 701. The van der Waals surface area contributed by atoms with E-state index in [1.165, 1.54) is 31.2 Å². The fraction of sp³-hybridized carbons (Fsp3) is 0.619. The molecule has 0 unspecified atom stereocenters. The first kappa shape index (κ1) is 20.4. The van der Waals surface area contributed by atoms with Gasteiger partial charge in [0.2, 0.25) is 5.91 Å². The van der Waals surface area contributed by atoms with Crippen LogP contribution in [0.5, 0.6) is 0 Å². The van der Waals surface area contributed by atoms with E-state index in [1.807, 2.05) is 18.0 Å². The summed E-state index contributed by atoms with van der Waals surface area (Å²) in [6.07, 6.45) is 7.86. The van der Waals surface area contributed by atoms with Crippen molar-refractivity contribution >= 4 is 41.5 Å². The van der Waals surface area contributed by atoms with Gasteiger partial charge >= 0.3 is 0 Å². The van der Waals surface area contributed by atoms with E-state index >= 15 is 0 Å². The van der Waals surface area contributed by atoms with E-state index in [4.69, 9.17) is 0 Å². The normalized spacial score (nSPS) is 20.3. The number of anilines is 1. The zero-order chi connectivity index (χ0) is 18.0. The number of nitrogens with zero attached hydrogens (tertiary/aromatic N) is 3. The van der Waals surface area contributed by atoms with Gasteiger partial charge in [-0.1, -0.05) is 24.6 Å². The van der Waals surface area contributed by atoms with Crippen molar-refractivity contribution in [3.05, 3.63) is 29.8 Å². The van der Waals surface area contributed by atoms with E-state index in [1.54, 1.807) is 0 Å². The van der Waals surface area contributed by atoms with Gasteiger partial charge in [0.05, 0.1) is 0 Å². The van der Waals surface area contributed by atoms with Gasteiger partial charge in [-0.05, 0) is 49.1 Å². The van der Waals surface area contributed by atoms with Crippen molar-refractivity contribution in [2.75, 3.05) is 38.1 Å². The number of para-hydroxylation sites is 1. The third-order valence-electron chi connectivity index (χ3n) is 6.40. The van der Waals surface area contributed by atoms with Gasteiger partial charge in [0.15, 0.2) is 5.96 Å². The maximum Gasteiger partial charge on any atom is 0.227 e. The van der Waals surface area contributed by atoms with E-state index in [0.717, 1.165) is 50.7 Å². The molecule has 1 aliphatic carbocycles. The molecule has 4 rings (SSSR count). The van der Waals surface area contributed by atoms with Gasteiger partial charge in [-0.3, -0.25) is 9.79 Å². The molecule has 0 bridgehead atoms. The minimum Gasteiger partial charge on any atom is -0.356 e. The van der Waals surface area contributed by atoms with E-state index in [2.05, 4.69) is 33.4 Å². The standard InChI is InChI=1S/C21H30N4O.HI/c1-22-20(24-15-12-21(16-24)10-5-11-21)23-13-4-8-19(26)25-14-9-17-6-2-3-7-18(17)25;/h2-3,6-7H,4-5,8-16H2,1H3,(H,22,23);1H. The summed E-state index contributed by atoms with van der Waals surface area (Å²) in [5.41, 5.74) is 2.97. The number of hydrogen-bond donors (Lipinski definition) is 1. The molecule has 1 amide bonds. The van der Waals surface area contributed by atoms with Gasteiger partial charge in [-0.15, -0.1) is 24.0 Å². The van der Waals surface area contributed by atoms with Crippen molar-refractivity contribution in [3.63, 3.8) is 0 Å². The first-order chi connectivity index (χ1) is 12.7. The van der Waals surface area contributed by atoms with E-state index in [0.29, 0.717) is 11.8 Å². The van der Waals surface area contributed by atoms with Gasteiger partial charge in [-0.25, -0.2) is 0 Å². The zero-order valence-corrected chi connectivity index (χ0v) is 18.6. The SMILES string of the molecule is CN=C(NCCCC(=O)N1CCc2ccccc21)N1CCC2(CCC2)C1.I. The number of halogens is 1. The van der Waals surface area contributed by atoms with Crippen molar-refractivity contribution in [2.45, 2.75) is 44.9 Å². The number of amides is 1. The molecule has 2 fully saturated rings. The minimum absolute atomic E-state index is 0. The minimum atomic E-state index is 0. The molecule has 2 aliphatic heterocycles. The second-order valence-corrected chi connectivity index (χ2v) is 8.03. The molecule has 1 saturated carbocycles. The van der Waals surface area contributed by atoms with Crippen molar-refractivity contribution in [2.24, 2.45) is 10.4 Å². The molecule has 1 aromatic rings. The molecule has 0 aromatic heterocycles. The summed E-state index contributed by atoms with van der Waals surface area (Å²) < 4.78 is 0. The Morgan fingerprint density at radius 1 is 1.22 bits per heavy atom. The number of fused-ring (bicyclic) bond motifs is 1. The molecule has 1 spiro atoms. The van der Waals surface area contributed by atoms with Crippen LogP contribution >= 0.6 is 24.0 Å². The predicted octanol–water partition coefficient (Wildman–Crippen LogP) is 3.43. The Kier molecular flexibility index (Phi) is 6.65. The highest BCUT2D eigenvalue weighted by molar-refractivity contribution is 14.0. The first-order valence-corrected chi connectivity index (χ1v) is 10.0. The molecule has 27 heavy (non-hydrogen) atoms. The number of likely N-dealkylation sites (tertiary alicyclic amines) is 1. The average molecular weight is 482 g/mol. The molecule has 2 heterocycles. The molecular formula is C21H31IN4O. The number of hydrogen-bond acceptors (Lipinski definition) is 2. The number of aliphatic imine (C=N–C) groups is 1. The summed E-state index contributed by atoms with van der Waals surface area (Å²) in [5, 5.41) is 3.47. The summed E-state index contributed by atoms with van der Waals surface area (Å²) in [5.74, 6) is 1.24. The lowest BCUT2D eigenvalue weighted by molar-refractivity contribution is -0.118. The first-order valence-electron chi connectivity index (χ1n) is 10.0. The van der Waals surface area contributed by atoms with Crippen molar-refractivity contribution in [3.8, 4) is 0 Å². The van der Waals surface area contributed by atoms with E-state index in [9.17, 15) is 4.79 Å². The van der Waals surface area contributed by atoms with Crippen molar-refractivity contribution < 1.29 is 4.79 Å². The van der Waals surface area contributed by atoms with Crippen LogP contribution in [0.15, 0.2) is 29.3 Å². The van der Waals surface area contributed by atoms with Crippen molar-refractivity contribution in [1.29, 1.82) is 0 Å². The fourth-order valence-electron chi connectivity index (χ4n) is 4.71. The third kappa shape index (κ3) is 4.25. The highest BCUT2D eigenvalue weighted by Crippen LogP contribution is 2.47. The van der Waals surface area contributed by atoms with E-state index < -0.39 is 0 Å². The van der Waals surface area contributed by atoms with Crippen molar-refractivity contribution in [1.82, 2.24) is 10.2 Å². The van der Waals surface area contributed by atoms with Gasteiger partial charge in [0.25, 0.3) is 0 Å². The van der Waals surface area contributed by atoms with Crippen LogP contribution < -0.4 is 10.2 Å². The number of rotatable bonds is 4. The highest BCUT2D eigenvalue weighted by atomic mass is 127. The summed E-state index contributed by atoms with van der Waals surface area (Å²) in [7, 11) is 1.86. The second-order valence-electron chi connectivity index (χ2n) is 8.03. The summed E-state index contributed by atoms with van der Waals surface area (Å²) in [6, 6.07) is 8.25. The average Bonchev–Trinajstić information content (AvgIpc) is 3.26. The van der Waals surface area contributed by atoms with E-state index in [-0.39, 0.29) is 29.9 Å². The molecule has 1 aromatic carbocycles. The molecule has 148 valence electrons. The van der Waals surface area contributed by atoms with Crippen LogP contribution in [-0.2, 0) is 11.2 Å². The third-order valence-corrected chi connectivity index (χ3v) is 6.40. The molecule has 6 heteroatoms. The smallest absolute Gasteiger partial charge is 0.227 e. The lowest BCUT2D eigenvalue weighted by atomic mass is 9.68. The molecule has 0 radical (unpaired) electrons. The topological polar surface area (TPSA) is 47.9 Å². The summed E-state index contributed by atoms with van der Waals surface area (Å²) in [6.45, 7) is 3.89. The fourth-order valence-corrected chi connectivity index (χ4v) is 4.71. The van der Waals surface area contributed by atoms with Crippen LogP contribution in [-0.4, -0.2) is 50.0 Å². The quantitative estimate of drug-likeness (QED) is 0.310. The Labute approximate surface area is 179 Å². The summed E-state index contributed by atoms with van der Waals surface area (Å²) in [4.78, 5) is 21.4. The Balaban J connectivity index is 0.00000210. The van der Waals surface area contributed by atoms with Crippen LogP contribution in [0.3, 0.4) is 0 Å². The molecule has 5 nitrogen and oxygen atoms in total. The lowest BCUT2D eigenvalue weighted by Gasteiger charge is -2.38. The molecule has 1 N–H and O–H groups in total. The van der Waals surface area contributed by atoms with Crippen LogP contribution in [0.2, 0.25) is 0 Å². The van der Waals surface area contributed by atoms with Gasteiger partial charge in [0, 0.05) is 45.3 Å². The number of nitrogens with one attached hydrogen (secondary N) is 1. The number of carbonyl (C=O) groups is 1. The number of guanidine groups is 1. The maximum atomic E-state index is 12.6. The monoisotopic (exact) mass is 482 g/mol. The Morgan fingerprint density at radius 2 is 2.04 bits per heavy atom. The van der Waals surface area contributed by atoms with Gasteiger partial charge in [0.1, 0.15) is 0 Å². The maximum absolute atomic E-state index is 12.6. The zero-order valence-electron chi connectivity index (χ0n) is 16.2. The van der Waals surface area contributed by atoms with Crippen LogP contribution in [0.1, 0.15) is 44.1 Å². The molecule has 3 aliphatic rings. The lowest BCUT2D eigenvalue weighted by Crippen LogP contribution is -2.43. The Morgan fingerprint density at radius 3 is 2.74 bits per heavy atom. The molecule has 0 atom stereocenters. The highest BCUT2D eigenvalue weighted by Gasteiger charge is 2.43. The van der Waals surface area contributed by atoms with Gasteiger partial charge in [-0.2, -0.15) is 0 Å². The predicted molar refractivity (Wildman–Crippen MR) is 121 cm³/mol. The van der Waals surface area contributed by atoms with Gasteiger partial charge < -0.3 is 15.1 Å². The summed E-state index contributed by atoms with van der Waals surface area (Å²) >= 11 is 0. The van der Waals surface area contributed by atoms with Crippen LogP contribution in [0.25, 0.3) is 0 Å². The van der Waals surface area contributed by atoms with Crippen LogP contribution in [0.4, 0.5) is 5.69 Å². The molecular weight excluding hydrogens is 451 g/mol. The van der Waals surface area contributed by atoms with Crippen LogP contribution in [0, 0.1) is 5.41 Å².